The van der Waals surface area contributed by atoms with E-state index in [9.17, 15) is 18.8 Å². The summed E-state index contributed by atoms with van der Waals surface area (Å²) < 4.78 is 28.7. The Kier molecular flexibility index (Phi) is 6.60. The molecule has 0 atom stereocenters. The minimum atomic E-state index is -0.642. The third-order valence-corrected chi connectivity index (χ3v) is 5.62. The summed E-state index contributed by atoms with van der Waals surface area (Å²) in [6.07, 6.45) is 1.61. The lowest BCUT2D eigenvalue weighted by Crippen LogP contribution is -2.27. The minimum absolute atomic E-state index is 0.00698. The number of furan rings is 1. The number of halogens is 1. The topological polar surface area (TPSA) is 86.0 Å². The zero-order chi connectivity index (χ0) is 23.4. The fraction of sp³-hybridized carbons (Fsp3) is 0.125. The molecule has 1 saturated heterocycles. The summed E-state index contributed by atoms with van der Waals surface area (Å²) in [5, 5.41) is -0.439. The molecule has 0 N–H and O–H groups in total. The maximum absolute atomic E-state index is 13.0. The van der Waals surface area contributed by atoms with Gasteiger partial charge in [0.15, 0.2) is 0 Å². The monoisotopic (exact) mass is 467 g/mol. The zero-order valence-corrected chi connectivity index (χ0v) is 18.3. The molecule has 2 heterocycles. The standard InChI is InChI=1S/C24H18FNO6S/c1-30-23(28)20-10-9-19(32-20)13-26-22(27)21(33-24(26)29)12-16-3-2-4-18(11-16)31-14-15-5-7-17(25)8-6-15/h2-12H,13-14H2,1H3/b21-12+. The molecule has 2 amide bonds. The first-order valence-electron chi connectivity index (χ1n) is 9.82. The fourth-order valence-electron chi connectivity index (χ4n) is 3.06. The van der Waals surface area contributed by atoms with Gasteiger partial charge in [0.05, 0.1) is 18.6 Å². The average Bonchev–Trinajstić information content (AvgIpc) is 3.39. The highest BCUT2D eigenvalue weighted by molar-refractivity contribution is 8.18. The average molecular weight is 467 g/mol. The first-order valence-corrected chi connectivity index (χ1v) is 10.6. The number of ether oxygens (including phenoxy) is 2. The molecule has 4 rings (SSSR count). The second-order valence-electron chi connectivity index (χ2n) is 7.01. The molecular formula is C24H18FNO6S. The van der Waals surface area contributed by atoms with Crippen molar-refractivity contribution in [1.82, 2.24) is 4.90 Å². The van der Waals surface area contributed by atoms with E-state index in [0.717, 1.165) is 22.2 Å². The van der Waals surface area contributed by atoms with Gasteiger partial charge in [-0.1, -0.05) is 24.3 Å². The van der Waals surface area contributed by atoms with Crippen LogP contribution in [0.4, 0.5) is 9.18 Å². The van der Waals surface area contributed by atoms with Gasteiger partial charge in [-0.15, -0.1) is 0 Å². The van der Waals surface area contributed by atoms with Gasteiger partial charge in [0.25, 0.3) is 11.1 Å². The van der Waals surface area contributed by atoms with Gasteiger partial charge < -0.3 is 13.9 Å². The number of imide groups is 1. The largest absolute Gasteiger partial charge is 0.489 e. The number of rotatable bonds is 7. The number of esters is 1. The maximum Gasteiger partial charge on any atom is 0.373 e. The Hall–Kier alpha value is -3.85. The van der Waals surface area contributed by atoms with Crippen LogP contribution in [-0.2, 0) is 22.7 Å². The third kappa shape index (κ3) is 5.32. The smallest absolute Gasteiger partial charge is 0.373 e. The first-order chi connectivity index (χ1) is 15.9. The van der Waals surface area contributed by atoms with E-state index >= 15 is 0 Å². The van der Waals surface area contributed by atoms with E-state index in [1.165, 1.54) is 31.4 Å². The van der Waals surface area contributed by atoms with Crippen molar-refractivity contribution in [2.75, 3.05) is 7.11 Å². The fourth-order valence-corrected chi connectivity index (χ4v) is 3.90. The Balaban J connectivity index is 1.43. The summed E-state index contributed by atoms with van der Waals surface area (Å²) in [6, 6.07) is 16.0. The lowest BCUT2D eigenvalue weighted by Gasteiger charge is -2.10. The summed E-state index contributed by atoms with van der Waals surface area (Å²) in [4.78, 5) is 38.0. The molecule has 0 aliphatic carbocycles. The van der Waals surface area contributed by atoms with E-state index in [2.05, 4.69) is 4.74 Å². The highest BCUT2D eigenvalue weighted by Gasteiger charge is 2.35. The van der Waals surface area contributed by atoms with E-state index in [1.54, 1.807) is 42.5 Å². The Morgan fingerprint density at radius 1 is 1.12 bits per heavy atom. The van der Waals surface area contributed by atoms with Crippen LogP contribution in [0.15, 0.2) is 70.0 Å². The molecule has 2 aromatic carbocycles. The number of amides is 2. The Bertz CT molecular complexity index is 1230. The molecule has 1 aliphatic rings. The molecule has 1 aliphatic heterocycles. The SMILES string of the molecule is COC(=O)c1ccc(CN2C(=O)S/C(=C/c3cccc(OCc4ccc(F)cc4)c3)C2=O)o1. The number of nitrogens with zero attached hydrogens (tertiary/aromatic N) is 1. The summed E-state index contributed by atoms with van der Waals surface area (Å²) in [6.45, 7) is 0.163. The molecule has 1 aromatic heterocycles. The van der Waals surface area contributed by atoms with Crippen molar-refractivity contribution in [2.24, 2.45) is 0 Å². The molecule has 3 aromatic rings. The van der Waals surface area contributed by atoms with Gasteiger partial charge >= 0.3 is 5.97 Å². The van der Waals surface area contributed by atoms with Crippen LogP contribution in [0.1, 0.15) is 27.4 Å². The molecular weight excluding hydrogens is 449 g/mol. The van der Waals surface area contributed by atoms with Gasteiger partial charge in [-0.2, -0.15) is 0 Å². The van der Waals surface area contributed by atoms with E-state index in [1.807, 2.05) is 0 Å². The molecule has 0 bridgehead atoms. The maximum atomic E-state index is 13.0. The van der Waals surface area contributed by atoms with E-state index in [0.29, 0.717) is 11.3 Å². The predicted molar refractivity (Wildman–Crippen MR) is 119 cm³/mol. The first kappa shape index (κ1) is 22.3. The van der Waals surface area contributed by atoms with Gasteiger partial charge in [0, 0.05) is 0 Å². The van der Waals surface area contributed by atoms with Crippen molar-refractivity contribution in [3.05, 3.63) is 94.0 Å². The number of hydrogen-bond donors (Lipinski definition) is 0. The molecule has 168 valence electrons. The van der Waals surface area contributed by atoms with Crippen LogP contribution in [0.3, 0.4) is 0 Å². The number of carbonyl (C=O) groups excluding carboxylic acids is 3. The van der Waals surface area contributed by atoms with Crippen LogP contribution in [0.25, 0.3) is 6.08 Å². The summed E-state index contributed by atoms with van der Waals surface area (Å²) >= 11 is 0.820. The van der Waals surface area contributed by atoms with E-state index in [-0.39, 0.29) is 35.4 Å². The van der Waals surface area contributed by atoms with Gasteiger partial charge in [-0.05, 0) is 65.4 Å². The molecule has 0 unspecified atom stereocenters. The lowest BCUT2D eigenvalue weighted by atomic mass is 10.2. The van der Waals surface area contributed by atoms with Crippen LogP contribution >= 0.6 is 11.8 Å². The third-order valence-electron chi connectivity index (χ3n) is 4.71. The van der Waals surface area contributed by atoms with Crippen LogP contribution in [-0.4, -0.2) is 29.1 Å². The molecule has 1 fully saturated rings. The van der Waals surface area contributed by atoms with Crippen LogP contribution < -0.4 is 4.74 Å². The highest BCUT2D eigenvalue weighted by atomic mass is 32.2. The Labute approximate surface area is 192 Å². The van der Waals surface area contributed by atoms with Crippen molar-refractivity contribution in [2.45, 2.75) is 13.2 Å². The molecule has 0 radical (unpaired) electrons. The molecule has 0 spiro atoms. The summed E-state index contributed by atoms with van der Waals surface area (Å²) in [5.41, 5.74) is 1.50. The molecule has 9 heteroatoms. The number of thioether (sulfide) groups is 1. The second-order valence-corrected chi connectivity index (χ2v) is 8.01. The van der Waals surface area contributed by atoms with Crippen molar-refractivity contribution < 1.29 is 32.7 Å². The van der Waals surface area contributed by atoms with Gasteiger partial charge in [-0.3, -0.25) is 14.5 Å². The van der Waals surface area contributed by atoms with Crippen molar-refractivity contribution in [1.29, 1.82) is 0 Å². The lowest BCUT2D eigenvalue weighted by molar-refractivity contribution is -0.123. The Morgan fingerprint density at radius 2 is 1.91 bits per heavy atom. The van der Waals surface area contributed by atoms with Crippen molar-refractivity contribution >= 4 is 35.0 Å². The summed E-state index contributed by atoms with van der Waals surface area (Å²) in [5.74, 6) is -0.568. The number of methoxy groups -OCH3 is 1. The van der Waals surface area contributed by atoms with E-state index < -0.39 is 17.1 Å². The van der Waals surface area contributed by atoms with Crippen molar-refractivity contribution in [3.63, 3.8) is 0 Å². The van der Waals surface area contributed by atoms with E-state index in [4.69, 9.17) is 9.15 Å². The van der Waals surface area contributed by atoms with Crippen LogP contribution in [0.2, 0.25) is 0 Å². The quantitative estimate of drug-likeness (QED) is 0.356. The molecule has 7 nitrogen and oxygen atoms in total. The molecule has 0 saturated carbocycles. The minimum Gasteiger partial charge on any atom is -0.489 e. The number of hydrogen-bond acceptors (Lipinski definition) is 7. The number of carbonyl (C=O) groups is 3. The van der Waals surface area contributed by atoms with Gasteiger partial charge in [0.1, 0.15) is 23.9 Å². The highest BCUT2D eigenvalue weighted by Crippen LogP contribution is 2.34. The second kappa shape index (κ2) is 9.74. The molecule has 33 heavy (non-hydrogen) atoms. The van der Waals surface area contributed by atoms with Crippen LogP contribution in [0.5, 0.6) is 5.75 Å². The normalized spacial score (nSPS) is 14.7. The zero-order valence-electron chi connectivity index (χ0n) is 17.4. The number of benzene rings is 2. The predicted octanol–water partition coefficient (Wildman–Crippen LogP) is 5.02. The van der Waals surface area contributed by atoms with Gasteiger partial charge in [0.2, 0.25) is 5.76 Å². The van der Waals surface area contributed by atoms with Gasteiger partial charge in [-0.25, -0.2) is 9.18 Å². The van der Waals surface area contributed by atoms with Crippen molar-refractivity contribution in [3.8, 4) is 5.75 Å². The Morgan fingerprint density at radius 3 is 2.67 bits per heavy atom. The summed E-state index contributed by atoms with van der Waals surface area (Å²) in [7, 11) is 1.23. The van der Waals surface area contributed by atoms with Crippen LogP contribution in [0, 0.1) is 5.82 Å².